The number of carbonyl (C=O) groups is 2. The van der Waals surface area contributed by atoms with Crippen LogP contribution in [-0.4, -0.2) is 43.7 Å². The fraction of sp³-hybridized carbons (Fsp3) is 0.500. The summed E-state index contributed by atoms with van der Waals surface area (Å²) in [6.45, 7) is 2.84. The maximum Gasteiger partial charge on any atom is 0.243 e. The van der Waals surface area contributed by atoms with Crippen molar-refractivity contribution < 1.29 is 22.4 Å². The van der Waals surface area contributed by atoms with Crippen molar-refractivity contribution in [2.24, 2.45) is 11.8 Å². The molecule has 2 fully saturated rings. The van der Waals surface area contributed by atoms with Gasteiger partial charge in [-0.2, -0.15) is 4.31 Å². The van der Waals surface area contributed by atoms with Crippen molar-refractivity contribution in [2.45, 2.75) is 56.5 Å². The number of hydrogen-bond donors (Lipinski definition) is 1. The zero-order valence-corrected chi connectivity index (χ0v) is 19.5. The van der Waals surface area contributed by atoms with E-state index in [1.54, 1.807) is 36.6 Å². The average molecular weight is 472 g/mol. The lowest BCUT2D eigenvalue weighted by atomic mass is 9.99. The van der Waals surface area contributed by atoms with Gasteiger partial charge in [0.25, 0.3) is 0 Å². The first-order valence-corrected chi connectivity index (χ1v) is 13.0. The second kappa shape index (κ2) is 8.61. The largest absolute Gasteiger partial charge is 0.467 e. The van der Waals surface area contributed by atoms with Crippen LogP contribution < -0.4 is 10.2 Å². The van der Waals surface area contributed by atoms with Gasteiger partial charge in [0.1, 0.15) is 5.76 Å². The predicted molar refractivity (Wildman–Crippen MR) is 122 cm³/mol. The number of piperidine rings is 1. The zero-order valence-electron chi connectivity index (χ0n) is 18.7. The zero-order chi connectivity index (χ0) is 23.2. The average Bonchev–Trinajstić information content (AvgIpc) is 3.43. The molecule has 0 bridgehead atoms. The Bertz CT molecular complexity index is 1160. The maximum atomic E-state index is 13.4. The van der Waals surface area contributed by atoms with Crippen LogP contribution in [0.2, 0.25) is 0 Å². The summed E-state index contributed by atoms with van der Waals surface area (Å²) in [5.74, 6) is 0.362. The molecule has 5 rings (SSSR count). The third-order valence-electron chi connectivity index (χ3n) is 6.84. The molecule has 2 amide bonds. The molecule has 3 heterocycles. The Balaban J connectivity index is 1.29. The summed E-state index contributed by atoms with van der Waals surface area (Å²) >= 11 is 0. The molecule has 1 saturated heterocycles. The molecule has 1 aromatic carbocycles. The van der Waals surface area contributed by atoms with Crippen LogP contribution in [0.15, 0.2) is 45.9 Å². The molecule has 1 N–H and O–H groups in total. The van der Waals surface area contributed by atoms with Crippen LogP contribution in [0.3, 0.4) is 0 Å². The first-order valence-electron chi connectivity index (χ1n) is 11.6. The predicted octanol–water partition coefficient (Wildman–Crippen LogP) is 2.68. The molecule has 0 spiro atoms. The number of amides is 2. The van der Waals surface area contributed by atoms with Crippen LogP contribution in [0.5, 0.6) is 0 Å². The van der Waals surface area contributed by atoms with Gasteiger partial charge in [0.05, 0.1) is 23.6 Å². The van der Waals surface area contributed by atoms with E-state index in [9.17, 15) is 18.0 Å². The van der Waals surface area contributed by atoms with Gasteiger partial charge in [-0.15, -0.1) is 0 Å². The number of benzene rings is 1. The highest BCUT2D eigenvalue weighted by Gasteiger charge is 2.40. The van der Waals surface area contributed by atoms with E-state index in [4.69, 9.17) is 4.42 Å². The molecule has 1 aromatic heterocycles. The number of fused-ring (bicyclic) bond motifs is 1. The van der Waals surface area contributed by atoms with E-state index < -0.39 is 15.9 Å². The summed E-state index contributed by atoms with van der Waals surface area (Å²) in [6, 6.07) is 8.65. The highest BCUT2D eigenvalue weighted by atomic mass is 32.2. The second-order valence-electron chi connectivity index (χ2n) is 9.33. The minimum atomic E-state index is -3.74. The molecule has 33 heavy (non-hydrogen) atoms. The Morgan fingerprint density at radius 3 is 2.70 bits per heavy atom. The lowest BCUT2D eigenvalue weighted by Crippen LogP contribution is -2.45. The monoisotopic (exact) mass is 471 g/mol. The molecule has 2 atom stereocenters. The van der Waals surface area contributed by atoms with Gasteiger partial charge in [0.2, 0.25) is 21.8 Å². The molecule has 2 aromatic rings. The summed E-state index contributed by atoms with van der Waals surface area (Å²) in [5.41, 5.74) is 1.72. The number of hydrogen-bond acceptors (Lipinski definition) is 5. The van der Waals surface area contributed by atoms with Crippen LogP contribution in [0, 0.1) is 11.8 Å². The molecular weight excluding hydrogens is 442 g/mol. The van der Waals surface area contributed by atoms with E-state index in [1.807, 2.05) is 11.8 Å². The van der Waals surface area contributed by atoms with Gasteiger partial charge in [0, 0.05) is 30.7 Å². The summed E-state index contributed by atoms with van der Waals surface area (Å²) < 4.78 is 33.5. The Hall–Kier alpha value is -2.65. The van der Waals surface area contributed by atoms with Crippen LogP contribution >= 0.6 is 0 Å². The number of carbonyl (C=O) groups excluding carboxylic acids is 2. The van der Waals surface area contributed by atoms with Gasteiger partial charge >= 0.3 is 0 Å². The van der Waals surface area contributed by atoms with Crippen molar-refractivity contribution in [2.75, 3.05) is 18.0 Å². The second-order valence-corrected chi connectivity index (χ2v) is 11.3. The number of nitrogens with one attached hydrogen (secondary N) is 1. The minimum absolute atomic E-state index is 0.0308. The van der Waals surface area contributed by atoms with Gasteiger partial charge in [0.15, 0.2) is 0 Å². The van der Waals surface area contributed by atoms with E-state index in [1.165, 1.54) is 4.31 Å². The molecule has 1 aliphatic carbocycles. The van der Waals surface area contributed by atoms with E-state index in [2.05, 4.69) is 5.32 Å². The summed E-state index contributed by atoms with van der Waals surface area (Å²) in [5, 5.41) is 2.84. The lowest BCUT2D eigenvalue weighted by molar-refractivity contribution is -0.126. The topological polar surface area (TPSA) is 99.9 Å². The number of sulfonamides is 1. The molecule has 3 aliphatic rings. The van der Waals surface area contributed by atoms with Crippen molar-refractivity contribution in [1.29, 1.82) is 0 Å². The van der Waals surface area contributed by atoms with Crippen LogP contribution in [0.1, 0.15) is 43.9 Å². The molecule has 0 radical (unpaired) electrons. The SMILES string of the molecule is C[C@H]1Cc2cc(S(=O)(=O)N3CCC[C@@H](C(=O)NCc4ccco4)C3)ccc2N1C(=O)C1CC1. The van der Waals surface area contributed by atoms with Gasteiger partial charge in [-0.05, 0) is 74.9 Å². The summed E-state index contributed by atoms with van der Waals surface area (Å²) in [7, 11) is -3.74. The quantitative estimate of drug-likeness (QED) is 0.698. The molecule has 9 heteroatoms. The fourth-order valence-corrected chi connectivity index (χ4v) is 6.46. The van der Waals surface area contributed by atoms with E-state index in [-0.39, 0.29) is 41.8 Å². The molecule has 0 unspecified atom stereocenters. The Labute approximate surface area is 194 Å². The third-order valence-corrected chi connectivity index (χ3v) is 8.70. The molecule has 1 saturated carbocycles. The lowest BCUT2D eigenvalue weighted by Gasteiger charge is -2.31. The summed E-state index contributed by atoms with van der Waals surface area (Å²) in [4.78, 5) is 27.4. The van der Waals surface area contributed by atoms with Crippen molar-refractivity contribution in [3.63, 3.8) is 0 Å². The first kappa shape index (κ1) is 22.2. The van der Waals surface area contributed by atoms with Crippen LogP contribution in [0.25, 0.3) is 0 Å². The fourth-order valence-electron chi connectivity index (χ4n) is 4.89. The van der Waals surface area contributed by atoms with Gasteiger partial charge in [-0.3, -0.25) is 9.59 Å². The summed E-state index contributed by atoms with van der Waals surface area (Å²) in [6.07, 6.45) is 5.35. The number of anilines is 1. The van der Waals surface area contributed by atoms with Crippen LogP contribution in [0.4, 0.5) is 5.69 Å². The van der Waals surface area contributed by atoms with Gasteiger partial charge in [-0.1, -0.05) is 0 Å². The van der Waals surface area contributed by atoms with E-state index >= 15 is 0 Å². The number of nitrogens with zero attached hydrogens (tertiary/aromatic N) is 2. The van der Waals surface area contributed by atoms with Crippen molar-refractivity contribution in [3.05, 3.63) is 47.9 Å². The standard InChI is InChI=1S/C24H29N3O5S/c1-16-12-19-13-21(8-9-22(19)27(16)24(29)17-6-7-17)33(30,31)26-10-2-4-18(15-26)23(28)25-14-20-5-3-11-32-20/h3,5,8-9,11,13,16-18H,2,4,6-7,10,12,14-15H2,1H3,(H,25,28)/t16-,18+/m0/s1. The van der Waals surface area contributed by atoms with Gasteiger partial charge in [-0.25, -0.2) is 8.42 Å². The van der Waals surface area contributed by atoms with E-state index in [0.717, 1.165) is 24.1 Å². The molecular formula is C24H29N3O5S. The smallest absolute Gasteiger partial charge is 0.243 e. The maximum absolute atomic E-state index is 13.4. The minimum Gasteiger partial charge on any atom is -0.467 e. The molecule has 8 nitrogen and oxygen atoms in total. The van der Waals surface area contributed by atoms with Crippen molar-refractivity contribution in [3.8, 4) is 0 Å². The molecule has 176 valence electrons. The normalized spacial score (nSPS) is 23.4. The first-order chi connectivity index (χ1) is 15.8. The molecule has 2 aliphatic heterocycles. The van der Waals surface area contributed by atoms with Gasteiger partial charge < -0.3 is 14.6 Å². The Morgan fingerprint density at radius 1 is 1.15 bits per heavy atom. The highest BCUT2D eigenvalue weighted by Crippen LogP contribution is 2.40. The Kier molecular flexibility index (Phi) is 5.78. The Morgan fingerprint density at radius 2 is 1.97 bits per heavy atom. The number of rotatable bonds is 6. The van der Waals surface area contributed by atoms with Crippen molar-refractivity contribution in [1.82, 2.24) is 9.62 Å². The number of furan rings is 1. The van der Waals surface area contributed by atoms with Crippen molar-refractivity contribution >= 4 is 27.5 Å². The highest BCUT2D eigenvalue weighted by molar-refractivity contribution is 7.89. The van der Waals surface area contributed by atoms with E-state index in [0.29, 0.717) is 31.6 Å². The third kappa shape index (κ3) is 4.31. The van der Waals surface area contributed by atoms with Crippen LogP contribution in [-0.2, 0) is 32.6 Å².